The predicted molar refractivity (Wildman–Crippen MR) is 96.2 cm³/mol. The molecule has 1 fully saturated rings. The summed E-state index contributed by atoms with van der Waals surface area (Å²) in [5.41, 5.74) is 0.485. The minimum atomic E-state index is -0.344. The molecule has 0 spiro atoms. The number of carbonyl (C=O) groups excluding carboxylic acids is 1. The lowest BCUT2D eigenvalue weighted by molar-refractivity contribution is 0.0713. The number of aromatic nitrogens is 2. The van der Waals surface area contributed by atoms with Gasteiger partial charge in [-0.05, 0) is 35.0 Å². The molecule has 1 saturated heterocycles. The average molecular weight is 411 g/mol. The molecular formula is C16H19BrN4O4. The first-order valence-electron chi connectivity index (χ1n) is 7.87. The van der Waals surface area contributed by atoms with Crippen LogP contribution in [0.15, 0.2) is 30.8 Å². The number of furan rings is 1. The summed E-state index contributed by atoms with van der Waals surface area (Å²) in [7, 11) is 3.12. The first-order chi connectivity index (χ1) is 11.8. The molecule has 9 heteroatoms. The maximum absolute atomic E-state index is 12.5. The Labute approximate surface area is 152 Å². The molecule has 0 radical (unpaired) electrons. The van der Waals surface area contributed by atoms with Crippen LogP contribution < -0.4 is 16.1 Å². The van der Waals surface area contributed by atoms with Gasteiger partial charge in [-0.2, -0.15) is 0 Å². The van der Waals surface area contributed by atoms with Gasteiger partial charge in [0.05, 0.1) is 0 Å². The molecule has 0 aliphatic carbocycles. The molecule has 134 valence electrons. The molecule has 0 atom stereocenters. The second-order valence-corrected chi connectivity index (χ2v) is 6.80. The molecule has 2 aromatic rings. The Hall–Kier alpha value is -2.29. The number of amides is 1. The van der Waals surface area contributed by atoms with E-state index in [0.717, 1.165) is 4.57 Å². The molecule has 0 saturated carbocycles. The van der Waals surface area contributed by atoms with E-state index in [4.69, 9.17) is 4.42 Å². The molecule has 0 aromatic carbocycles. The standard InChI is InChI=1S/C16H19BrN4O4/c1-10-13(15(23)19(3)16(24)18(10)2)20-6-8-21(9-7-20)14(22)11-4-5-12(17)25-11/h4-5H,6-9H2,1-3H3. The van der Waals surface area contributed by atoms with Crippen molar-refractivity contribution in [3.05, 3.63) is 49.1 Å². The Balaban J connectivity index is 1.81. The van der Waals surface area contributed by atoms with E-state index in [2.05, 4.69) is 15.9 Å². The fourth-order valence-corrected chi connectivity index (χ4v) is 3.32. The summed E-state index contributed by atoms with van der Waals surface area (Å²) in [6, 6.07) is 3.31. The van der Waals surface area contributed by atoms with Crippen LogP contribution in [0.3, 0.4) is 0 Å². The molecule has 3 rings (SSSR count). The first-order valence-corrected chi connectivity index (χ1v) is 8.66. The molecule has 1 amide bonds. The predicted octanol–water partition coefficient (Wildman–Crippen LogP) is 0.710. The van der Waals surface area contributed by atoms with Crippen LogP contribution in [0, 0.1) is 6.92 Å². The van der Waals surface area contributed by atoms with Crippen molar-refractivity contribution in [2.45, 2.75) is 6.92 Å². The number of hydrogen-bond donors (Lipinski definition) is 0. The van der Waals surface area contributed by atoms with Crippen LogP contribution in [0.4, 0.5) is 5.69 Å². The zero-order valence-corrected chi connectivity index (χ0v) is 15.9. The number of nitrogens with zero attached hydrogens (tertiary/aromatic N) is 4. The van der Waals surface area contributed by atoms with Crippen molar-refractivity contribution in [3.63, 3.8) is 0 Å². The Morgan fingerprint density at radius 3 is 2.28 bits per heavy atom. The van der Waals surface area contributed by atoms with E-state index in [1.54, 1.807) is 31.0 Å². The quantitative estimate of drug-likeness (QED) is 0.728. The highest BCUT2D eigenvalue weighted by atomic mass is 79.9. The van der Waals surface area contributed by atoms with Crippen LogP contribution in [0.5, 0.6) is 0 Å². The zero-order chi connectivity index (χ0) is 18.3. The SMILES string of the molecule is Cc1c(N2CCN(C(=O)c3ccc(Br)o3)CC2)c(=O)n(C)c(=O)n1C. The molecule has 0 N–H and O–H groups in total. The van der Waals surface area contributed by atoms with Gasteiger partial charge in [0, 0.05) is 46.0 Å². The number of halogens is 1. The lowest BCUT2D eigenvalue weighted by Gasteiger charge is -2.36. The normalized spacial score (nSPS) is 14.9. The number of carbonyl (C=O) groups is 1. The van der Waals surface area contributed by atoms with Crippen LogP contribution >= 0.6 is 15.9 Å². The third-order valence-electron chi connectivity index (χ3n) is 4.59. The number of rotatable bonds is 2. The maximum Gasteiger partial charge on any atom is 0.330 e. The topological polar surface area (TPSA) is 80.7 Å². The Kier molecular flexibility index (Phi) is 4.59. The van der Waals surface area contributed by atoms with Gasteiger partial charge in [-0.3, -0.25) is 18.7 Å². The van der Waals surface area contributed by atoms with Gasteiger partial charge >= 0.3 is 5.69 Å². The Bertz CT molecular complexity index is 935. The number of anilines is 1. The average Bonchev–Trinajstić information content (AvgIpc) is 3.05. The highest BCUT2D eigenvalue weighted by Crippen LogP contribution is 2.19. The summed E-state index contributed by atoms with van der Waals surface area (Å²) in [6.07, 6.45) is 0. The van der Waals surface area contributed by atoms with Crippen molar-refractivity contribution in [3.8, 4) is 0 Å². The van der Waals surface area contributed by atoms with Gasteiger partial charge in [-0.15, -0.1) is 0 Å². The minimum Gasteiger partial charge on any atom is -0.444 e. The van der Waals surface area contributed by atoms with Gasteiger partial charge in [-0.25, -0.2) is 4.79 Å². The zero-order valence-electron chi connectivity index (χ0n) is 14.3. The van der Waals surface area contributed by atoms with Crippen LogP contribution in [0.25, 0.3) is 0 Å². The van der Waals surface area contributed by atoms with Crippen molar-refractivity contribution < 1.29 is 9.21 Å². The third-order valence-corrected chi connectivity index (χ3v) is 5.02. The second-order valence-electron chi connectivity index (χ2n) is 6.02. The third kappa shape index (κ3) is 3.04. The highest BCUT2D eigenvalue weighted by Gasteiger charge is 2.27. The monoisotopic (exact) mass is 410 g/mol. The van der Waals surface area contributed by atoms with E-state index in [9.17, 15) is 14.4 Å². The summed E-state index contributed by atoms with van der Waals surface area (Å²) in [4.78, 5) is 40.5. The summed E-state index contributed by atoms with van der Waals surface area (Å²) < 4.78 is 8.40. The fraction of sp³-hybridized carbons (Fsp3) is 0.438. The molecule has 0 bridgehead atoms. The van der Waals surface area contributed by atoms with Crippen LogP contribution in [0.1, 0.15) is 16.2 Å². The lowest BCUT2D eigenvalue weighted by atomic mass is 10.2. The van der Waals surface area contributed by atoms with Crippen LogP contribution in [-0.4, -0.2) is 46.1 Å². The fourth-order valence-electron chi connectivity index (χ4n) is 3.01. The van der Waals surface area contributed by atoms with Gasteiger partial charge in [0.1, 0.15) is 5.69 Å². The smallest absolute Gasteiger partial charge is 0.330 e. The van der Waals surface area contributed by atoms with E-state index in [1.807, 2.05) is 4.90 Å². The molecular weight excluding hydrogens is 392 g/mol. The summed E-state index contributed by atoms with van der Waals surface area (Å²) in [5, 5.41) is 0. The number of hydrogen-bond acceptors (Lipinski definition) is 5. The molecule has 3 heterocycles. The van der Waals surface area contributed by atoms with Crippen molar-refractivity contribution in [1.29, 1.82) is 0 Å². The van der Waals surface area contributed by atoms with Crippen molar-refractivity contribution in [2.24, 2.45) is 14.1 Å². The Morgan fingerprint density at radius 1 is 1.08 bits per heavy atom. The van der Waals surface area contributed by atoms with Gasteiger partial charge in [0.15, 0.2) is 10.4 Å². The van der Waals surface area contributed by atoms with Gasteiger partial charge < -0.3 is 14.2 Å². The summed E-state index contributed by atoms with van der Waals surface area (Å²) in [5.74, 6) is 0.116. The highest BCUT2D eigenvalue weighted by molar-refractivity contribution is 9.10. The van der Waals surface area contributed by atoms with E-state index in [1.165, 1.54) is 11.6 Å². The van der Waals surface area contributed by atoms with Crippen molar-refractivity contribution in [2.75, 3.05) is 31.1 Å². The molecule has 1 aliphatic rings. The lowest BCUT2D eigenvalue weighted by Crippen LogP contribution is -2.52. The van der Waals surface area contributed by atoms with Crippen molar-refractivity contribution >= 4 is 27.5 Å². The molecule has 25 heavy (non-hydrogen) atoms. The van der Waals surface area contributed by atoms with E-state index in [-0.39, 0.29) is 22.9 Å². The van der Waals surface area contributed by atoms with E-state index >= 15 is 0 Å². The molecule has 1 aliphatic heterocycles. The summed E-state index contributed by atoms with van der Waals surface area (Å²) in [6.45, 7) is 3.74. The largest absolute Gasteiger partial charge is 0.444 e. The molecule has 2 aromatic heterocycles. The maximum atomic E-state index is 12.5. The summed E-state index contributed by atoms with van der Waals surface area (Å²) >= 11 is 3.19. The van der Waals surface area contributed by atoms with E-state index in [0.29, 0.717) is 42.2 Å². The van der Waals surface area contributed by atoms with Gasteiger partial charge in [0.25, 0.3) is 11.5 Å². The molecule has 8 nitrogen and oxygen atoms in total. The Morgan fingerprint density at radius 2 is 1.72 bits per heavy atom. The van der Waals surface area contributed by atoms with Crippen LogP contribution in [0.2, 0.25) is 0 Å². The van der Waals surface area contributed by atoms with Crippen molar-refractivity contribution in [1.82, 2.24) is 14.0 Å². The van der Waals surface area contributed by atoms with Gasteiger partial charge in [-0.1, -0.05) is 0 Å². The molecule has 0 unspecified atom stereocenters. The number of piperazine rings is 1. The van der Waals surface area contributed by atoms with Gasteiger partial charge in [0.2, 0.25) is 0 Å². The second kappa shape index (κ2) is 6.55. The van der Waals surface area contributed by atoms with Crippen LogP contribution in [-0.2, 0) is 14.1 Å². The van der Waals surface area contributed by atoms with E-state index < -0.39 is 0 Å². The minimum absolute atomic E-state index is 0.171. The first kappa shape index (κ1) is 17.5.